The molecule has 2 saturated heterocycles. The smallest absolute Gasteiger partial charge is 0.319 e. The van der Waals surface area contributed by atoms with E-state index in [4.69, 9.17) is 4.74 Å². The van der Waals surface area contributed by atoms with Gasteiger partial charge in [-0.1, -0.05) is 36.4 Å². The number of anilines is 2. The minimum absolute atomic E-state index is 0.0662. The number of benzene rings is 2. The summed E-state index contributed by atoms with van der Waals surface area (Å²) in [4.78, 5) is 30.2. The van der Waals surface area contributed by atoms with Crippen molar-refractivity contribution in [2.45, 2.75) is 69.7 Å². The van der Waals surface area contributed by atoms with Gasteiger partial charge < -0.3 is 35.0 Å². The number of carbonyl (C=O) groups excluding carboxylic acids is 2. The van der Waals surface area contributed by atoms with Crippen molar-refractivity contribution in [3.8, 4) is 0 Å². The van der Waals surface area contributed by atoms with Crippen molar-refractivity contribution in [3.63, 3.8) is 0 Å². The van der Waals surface area contributed by atoms with Crippen molar-refractivity contribution in [2.24, 2.45) is 5.92 Å². The van der Waals surface area contributed by atoms with Gasteiger partial charge in [-0.05, 0) is 74.9 Å². The molecule has 44 heavy (non-hydrogen) atoms. The van der Waals surface area contributed by atoms with Crippen molar-refractivity contribution >= 4 is 23.3 Å². The highest BCUT2D eigenvalue weighted by molar-refractivity contribution is 5.89. The second-order valence-corrected chi connectivity index (χ2v) is 12.9. The number of hydroxylamine groups is 3. The molecule has 0 aromatic heterocycles. The highest BCUT2D eigenvalue weighted by atomic mass is 16.5. The lowest BCUT2D eigenvalue weighted by molar-refractivity contribution is -0.882. The number of nitrogens with zero attached hydrogens (tertiary/aromatic N) is 3. The Morgan fingerprint density at radius 3 is 2.55 bits per heavy atom. The van der Waals surface area contributed by atoms with Crippen LogP contribution in [0.1, 0.15) is 50.5 Å². The molecule has 0 spiro atoms. The largest absolute Gasteiger partial charge is 0.633 e. The summed E-state index contributed by atoms with van der Waals surface area (Å²) in [6.07, 6.45) is 13.3. The van der Waals surface area contributed by atoms with Crippen LogP contribution in [0.25, 0.3) is 0 Å². The number of urea groups is 1. The molecule has 2 aromatic carbocycles. The molecule has 234 valence electrons. The standard InChI is InChI=1S/C35H45N5O4/c1-38(34(41)27-20-22-40(43,25-27)24-26-7-3-2-4-8-26)31-19-21-39(23-31)30-15-11-28(12-16-30)36-35(42)37-29-13-17-33(18-14-29)44-32-9-5-6-10-32/h2-4,7-8,11-13,15-18,27,29,31-32H,5-6,9-10,14,19-25H2,1H3,(H2,36,37,42). The average Bonchev–Trinajstić information content (AvgIpc) is 3.81. The zero-order valence-corrected chi connectivity index (χ0v) is 25.7. The zero-order chi connectivity index (χ0) is 30.5. The number of likely N-dealkylation sites (N-methyl/N-ethyl adjacent to an activating group) is 1. The highest BCUT2D eigenvalue weighted by Crippen LogP contribution is 2.30. The Bertz CT molecular complexity index is 1360. The lowest BCUT2D eigenvalue weighted by Gasteiger charge is -2.39. The first-order chi connectivity index (χ1) is 21.3. The van der Waals surface area contributed by atoms with Crippen molar-refractivity contribution < 1.29 is 19.0 Å². The summed E-state index contributed by atoms with van der Waals surface area (Å²) >= 11 is 0. The van der Waals surface area contributed by atoms with Crippen molar-refractivity contribution in [3.05, 3.63) is 89.4 Å². The number of quaternary nitrogens is 1. The number of nitrogens with one attached hydrogen (secondary N) is 2. The monoisotopic (exact) mass is 599 g/mol. The predicted octanol–water partition coefficient (Wildman–Crippen LogP) is 5.55. The van der Waals surface area contributed by atoms with E-state index in [1.807, 2.05) is 78.7 Å². The number of carbonyl (C=O) groups is 2. The minimum Gasteiger partial charge on any atom is -0.633 e. The van der Waals surface area contributed by atoms with Crippen LogP contribution in [0.4, 0.5) is 16.2 Å². The lowest BCUT2D eigenvalue weighted by Crippen LogP contribution is -2.45. The maximum absolute atomic E-state index is 13.4. The first-order valence-electron chi connectivity index (χ1n) is 16.2. The Balaban J connectivity index is 0.940. The lowest BCUT2D eigenvalue weighted by atomic mass is 10.1. The Morgan fingerprint density at radius 2 is 1.82 bits per heavy atom. The van der Waals surface area contributed by atoms with Gasteiger partial charge in [-0.2, -0.15) is 0 Å². The molecule has 4 aliphatic rings. The van der Waals surface area contributed by atoms with E-state index in [-0.39, 0.29) is 34.6 Å². The van der Waals surface area contributed by atoms with Gasteiger partial charge in [-0.3, -0.25) is 4.79 Å². The van der Waals surface area contributed by atoms with Crippen LogP contribution in [0.3, 0.4) is 0 Å². The van der Waals surface area contributed by atoms with Crippen LogP contribution in [0.15, 0.2) is 78.6 Å². The fourth-order valence-electron chi connectivity index (χ4n) is 7.08. The Hall–Kier alpha value is -3.82. The van der Waals surface area contributed by atoms with Gasteiger partial charge >= 0.3 is 6.03 Å². The van der Waals surface area contributed by atoms with E-state index in [9.17, 15) is 14.8 Å². The molecule has 2 aliphatic heterocycles. The van der Waals surface area contributed by atoms with Crippen LogP contribution in [0, 0.1) is 11.1 Å². The molecule has 0 radical (unpaired) electrons. The third kappa shape index (κ3) is 7.45. The predicted molar refractivity (Wildman–Crippen MR) is 173 cm³/mol. The van der Waals surface area contributed by atoms with Gasteiger partial charge in [0.15, 0.2) is 0 Å². The van der Waals surface area contributed by atoms with E-state index in [1.165, 1.54) is 12.8 Å². The summed E-state index contributed by atoms with van der Waals surface area (Å²) in [6, 6.07) is 17.5. The van der Waals surface area contributed by atoms with Gasteiger partial charge in [0.25, 0.3) is 0 Å². The highest BCUT2D eigenvalue weighted by Gasteiger charge is 2.40. The van der Waals surface area contributed by atoms with Crippen LogP contribution in [0.2, 0.25) is 0 Å². The van der Waals surface area contributed by atoms with Gasteiger partial charge in [-0.15, -0.1) is 0 Å². The molecule has 9 heteroatoms. The average molecular weight is 600 g/mol. The van der Waals surface area contributed by atoms with Crippen molar-refractivity contribution in [2.75, 3.05) is 43.4 Å². The van der Waals surface area contributed by atoms with Gasteiger partial charge in [-0.25, -0.2) is 4.79 Å². The molecule has 3 amide bonds. The Kier molecular flexibility index (Phi) is 9.23. The molecule has 2 heterocycles. The fourth-order valence-corrected chi connectivity index (χ4v) is 7.08. The van der Waals surface area contributed by atoms with E-state index >= 15 is 0 Å². The van der Waals surface area contributed by atoms with Crippen LogP contribution >= 0.6 is 0 Å². The Labute approximate surface area is 260 Å². The maximum atomic E-state index is 13.4. The number of likely N-dealkylation sites (tertiary alicyclic amines) is 1. The molecular weight excluding hydrogens is 554 g/mol. The van der Waals surface area contributed by atoms with Crippen molar-refractivity contribution in [1.82, 2.24) is 10.2 Å². The SMILES string of the molecule is CN(C(=O)C1CC[N+]([O-])(Cc2ccccc2)C1)C1CCN(c2ccc(NC(=O)NC3C=CC(OC4CCCC4)=CC3)cc2)C1. The molecule has 2 aliphatic carbocycles. The number of amides is 3. The molecule has 2 aromatic rings. The van der Waals surface area contributed by atoms with Crippen LogP contribution in [-0.4, -0.2) is 72.9 Å². The molecule has 1 saturated carbocycles. The maximum Gasteiger partial charge on any atom is 0.319 e. The number of hydrogen-bond donors (Lipinski definition) is 2. The third-order valence-electron chi connectivity index (χ3n) is 9.64. The molecule has 4 atom stereocenters. The van der Waals surface area contributed by atoms with Crippen molar-refractivity contribution in [1.29, 1.82) is 0 Å². The van der Waals surface area contributed by atoms with E-state index in [1.54, 1.807) is 0 Å². The molecule has 9 nitrogen and oxygen atoms in total. The zero-order valence-electron chi connectivity index (χ0n) is 25.7. The second-order valence-electron chi connectivity index (χ2n) is 12.9. The molecule has 0 bridgehead atoms. The molecule has 4 unspecified atom stereocenters. The van der Waals surface area contributed by atoms with E-state index in [0.29, 0.717) is 38.6 Å². The van der Waals surface area contributed by atoms with Gasteiger partial charge in [0.05, 0.1) is 37.2 Å². The van der Waals surface area contributed by atoms with Gasteiger partial charge in [0.1, 0.15) is 12.3 Å². The quantitative estimate of drug-likeness (QED) is 0.291. The van der Waals surface area contributed by atoms with Crippen LogP contribution < -0.4 is 15.5 Å². The van der Waals surface area contributed by atoms with E-state index in [0.717, 1.165) is 55.0 Å². The summed E-state index contributed by atoms with van der Waals surface area (Å²) in [5.41, 5.74) is 2.81. The van der Waals surface area contributed by atoms with Gasteiger partial charge in [0, 0.05) is 43.5 Å². The summed E-state index contributed by atoms with van der Waals surface area (Å²) in [5.74, 6) is 0.776. The first kappa shape index (κ1) is 30.2. The van der Waals surface area contributed by atoms with Gasteiger partial charge in [0.2, 0.25) is 5.91 Å². The van der Waals surface area contributed by atoms with E-state index in [2.05, 4.69) is 21.6 Å². The summed E-state index contributed by atoms with van der Waals surface area (Å²) in [6.45, 7) is 2.85. The Morgan fingerprint density at radius 1 is 1.05 bits per heavy atom. The molecule has 6 rings (SSSR count). The summed E-state index contributed by atoms with van der Waals surface area (Å²) in [7, 11) is 1.89. The topological polar surface area (TPSA) is 97.0 Å². The fraction of sp³-hybridized carbons (Fsp3) is 0.486. The number of hydrogen-bond acceptors (Lipinski definition) is 5. The van der Waals surface area contributed by atoms with Crippen LogP contribution in [-0.2, 0) is 16.1 Å². The summed E-state index contributed by atoms with van der Waals surface area (Å²) < 4.78 is 5.72. The number of allylic oxidation sites excluding steroid dienone is 1. The molecule has 2 N–H and O–H groups in total. The summed E-state index contributed by atoms with van der Waals surface area (Å²) in [5, 5.41) is 19.3. The molecular formula is C35H45N5O4. The number of rotatable bonds is 9. The van der Waals surface area contributed by atoms with Crippen LogP contribution in [0.5, 0.6) is 0 Å². The number of ether oxygens (including phenoxy) is 1. The minimum atomic E-state index is -0.325. The third-order valence-corrected chi connectivity index (χ3v) is 9.64. The first-order valence-corrected chi connectivity index (χ1v) is 16.2. The van der Waals surface area contributed by atoms with E-state index < -0.39 is 0 Å². The normalized spacial score (nSPS) is 26.8. The second kappa shape index (κ2) is 13.4. The molecule has 3 fully saturated rings.